The molecule has 0 spiro atoms. The van der Waals surface area contributed by atoms with Crippen LogP contribution in [-0.2, 0) is 31.3 Å². The summed E-state index contributed by atoms with van der Waals surface area (Å²) in [5.74, 6) is -2.14. The molecule has 5 heterocycles. The van der Waals surface area contributed by atoms with Crippen LogP contribution in [0.2, 0.25) is 0 Å². The monoisotopic (exact) mass is 524 g/mol. The Morgan fingerprint density at radius 2 is 2.03 bits per heavy atom. The van der Waals surface area contributed by atoms with Crippen LogP contribution >= 0.6 is 11.8 Å². The van der Waals surface area contributed by atoms with Gasteiger partial charge in [0.25, 0.3) is 5.91 Å². The molecule has 12 heteroatoms. The normalized spacial score (nSPS) is 22.4. The highest BCUT2D eigenvalue weighted by Crippen LogP contribution is 2.42. The molecule has 188 valence electrons. The highest BCUT2D eigenvalue weighted by Gasteiger charge is 2.46. The van der Waals surface area contributed by atoms with Crippen molar-refractivity contribution in [2.75, 3.05) is 19.8 Å². The minimum Gasteiger partial charge on any atom is -0.388 e. The summed E-state index contributed by atoms with van der Waals surface area (Å²) in [5, 5.41) is 5.29. The number of ether oxygens (including phenoxy) is 2. The van der Waals surface area contributed by atoms with E-state index >= 15 is 8.78 Å². The SMILES string of the molecule is O=C1ON=C2C=C(c3cc(F)c(F)c4c3Cc3ccccc3SC4)N3N[C@@H]4COCCN4C(=O)C3=C2O1. The van der Waals surface area contributed by atoms with Crippen molar-refractivity contribution in [3.63, 3.8) is 0 Å². The van der Waals surface area contributed by atoms with Crippen LogP contribution < -0.4 is 5.43 Å². The van der Waals surface area contributed by atoms with E-state index in [1.165, 1.54) is 22.8 Å². The van der Waals surface area contributed by atoms with E-state index in [0.29, 0.717) is 36.4 Å². The first kappa shape index (κ1) is 22.5. The lowest BCUT2D eigenvalue weighted by Gasteiger charge is -2.47. The largest absolute Gasteiger partial charge is 0.540 e. The summed E-state index contributed by atoms with van der Waals surface area (Å²) in [6.45, 7) is 0.903. The molecule has 0 aromatic heterocycles. The van der Waals surface area contributed by atoms with E-state index in [0.717, 1.165) is 16.5 Å². The van der Waals surface area contributed by atoms with Gasteiger partial charge in [-0.05, 0) is 35.8 Å². The quantitative estimate of drug-likeness (QED) is 0.449. The number of amides is 1. The lowest BCUT2D eigenvalue weighted by atomic mass is 9.91. The first-order valence-corrected chi connectivity index (χ1v) is 12.6. The van der Waals surface area contributed by atoms with E-state index in [-0.39, 0.29) is 35.1 Å². The second-order valence-corrected chi connectivity index (χ2v) is 9.95. The number of carbonyl (C=O) groups excluding carboxylic acids is 2. The molecule has 2 saturated heterocycles. The van der Waals surface area contributed by atoms with Gasteiger partial charge in [0.05, 0.1) is 18.9 Å². The number of oxime groups is 1. The molecular formula is C25H18F2N4O5S. The number of nitrogens with zero attached hydrogens (tertiary/aromatic N) is 3. The van der Waals surface area contributed by atoms with E-state index in [4.69, 9.17) is 14.3 Å². The van der Waals surface area contributed by atoms with Crippen molar-refractivity contribution in [1.82, 2.24) is 15.3 Å². The number of halogens is 2. The van der Waals surface area contributed by atoms with E-state index in [1.54, 1.807) is 4.90 Å². The molecule has 5 aliphatic heterocycles. The summed E-state index contributed by atoms with van der Waals surface area (Å²) in [5.41, 5.74) is 5.89. The molecule has 2 aromatic carbocycles. The van der Waals surface area contributed by atoms with Gasteiger partial charge in [-0.15, -0.1) is 11.8 Å². The summed E-state index contributed by atoms with van der Waals surface area (Å²) in [6.07, 6.45) is 0.299. The fourth-order valence-corrected chi connectivity index (χ4v) is 6.25. The molecule has 2 fully saturated rings. The lowest BCUT2D eigenvalue weighted by molar-refractivity contribution is -0.147. The number of carbonyl (C=O) groups is 2. The second-order valence-electron chi connectivity index (χ2n) is 8.93. The van der Waals surface area contributed by atoms with Crippen molar-refractivity contribution in [3.8, 4) is 0 Å². The van der Waals surface area contributed by atoms with E-state index < -0.39 is 29.9 Å². The third-order valence-corrected chi connectivity index (χ3v) is 8.02. The van der Waals surface area contributed by atoms with Gasteiger partial charge in [0, 0.05) is 28.3 Å². The maximum atomic E-state index is 15.1. The standard InChI is InChI=1S/C25H18F2N4O5S/c26-16-8-14(13-7-12-3-1-2-4-19(12)37-11-15(13)21(16)27)18-9-17-23(35-25(33)36-29-17)22-24(32)30-5-6-34-10-20(30)28-31(18)22/h1-4,8-9,20,28H,5-7,10-11H2/t20-/m0/s1. The molecule has 37 heavy (non-hydrogen) atoms. The fourth-order valence-electron chi connectivity index (χ4n) is 5.15. The first-order valence-electron chi connectivity index (χ1n) is 11.6. The summed E-state index contributed by atoms with van der Waals surface area (Å²) < 4.78 is 41.0. The van der Waals surface area contributed by atoms with Crippen LogP contribution in [0.1, 0.15) is 22.3 Å². The maximum Gasteiger partial charge on any atom is 0.540 e. The molecular weight excluding hydrogens is 506 g/mol. The van der Waals surface area contributed by atoms with Gasteiger partial charge in [0.2, 0.25) is 0 Å². The number of thioether (sulfide) groups is 1. The average Bonchev–Trinajstić information content (AvgIpc) is 3.10. The van der Waals surface area contributed by atoms with Gasteiger partial charge in [-0.2, -0.15) is 0 Å². The van der Waals surface area contributed by atoms with Crippen LogP contribution in [-0.4, -0.2) is 53.6 Å². The van der Waals surface area contributed by atoms with Crippen LogP contribution in [0.15, 0.2) is 57.9 Å². The zero-order valence-corrected chi connectivity index (χ0v) is 19.9. The van der Waals surface area contributed by atoms with Crippen molar-refractivity contribution in [1.29, 1.82) is 0 Å². The molecule has 1 atom stereocenters. The Hall–Kier alpha value is -3.74. The van der Waals surface area contributed by atoms with Crippen LogP contribution in [0.25, 0.3) is 5.70 Å². The van der Waals surface area contributed by atoms with Gasteiger partial charge in [-0.1, -0.05) is 23.4 Å². The third-order valence-electron chi connectivity index (χ3n) is 6.88. The van der Waals surface area contributed by atoms with Crippen molar-refractivity contribution in [2.24, 2.45) is 5.16 Å². The Labute approximate surface area is 213 Å². The fraction of sp³-hybridized carbons (Fsp3) is 0.240. The number of benzene rings is 2. The number of allylic oxidation sites excluding steroid dienone is 1. The number of morpholine rings is 1. The van der Waals surface area contributed by atoms with Crippen molar-refractivity contribution >= 4 is 35.2 Å². The minimum atomic E-state index is -1.07. The molecule has 7 rings (SSSR count). The average molecular weight is 525 g/mol. The third kappa shape index (κ3) is 3.47. The van der Waals surface area contributed by atoms with Crippen LogP contribution in [0, 0.1) is 11.6 Å². The van der Waals surface area contributed by atoms with E-state index in [2.05, 4.69) is 10.6 Å². The topological polar surface area (TPSA) is 92.7 Å². The Morgan fingerprint density at radius 1 is 1.16 bits per heavy atom. The van der Waals surface area contributed by atoms with Crippen LogP contribution in [0.4, 0.5) is 13.6 Å². The summed E-state index contributed by atoms with van der Waals surface area (Å²) >= 11 is 1.44. The first-order chi connectivity index (χ1) is 18.0. The molecule has 0 aliphatic carbocycles. The molecule has 1 amide bonds. The summed E-state index contributed by atoms with van der Waals surface area (Å²) in [7, 11) is 0. The van der Waals surface area contributed by atoms with Gasteiger partial charge < -0.3 is 14.4 Å². The van der Waals surface area contributed by atoms with Gasteiger partial charge >= 0.3 is 6.16 Å². The Balaban J connectivity index is 1.43. The number of hydrogen-bond donors (Lipinski definition) is 1. The van der Waals surface area contributed by atoms with Crippen molar-refractivity contribution < 1.29 is 32.7 Å². The Morgan fingerprint density at radius 3 is 2.92 bits per heavy atom. The number of rotatable bonds is 1. The number of hydrazine groups is 1. The van der Waals surface area contributed by atoms with Gasteiger partial charge in [0.1, 0.15) is 6.17 Å². The molecule has 0 saturated carbocycles. The smallest absolute Gasteiger partial charge is 0.388 e. The molecule has 1 N–H and O–H groups in total. The number of fused-ring (bicyclic) bond motifs is 5. The molecule has 0 unspecified atom stereocenters. The highest BCUT2D eigenvalue weighted by molar-refractivity contribution is 7.98. The van der Waals surface area contributed by atoms with Crippen LogP contribution in [0.5, 0.6) is 0 Å². The second kappa shape index (κ2) is 8.40. The predicted octanol–water partition coefficient (Wildman–Crippen LogP) is 3.26. The molecule has 0 bridgehead atoms. The van der Waals surface area contributed by atoms with Gasteiger partial charge in [0.15, 0.2) is 28.8 Å². The zero-order valence-electron chi connectivity index (χ0n) is 19.1. The van der Waals surface area contributed by atoms with E-state index in [9.17, 15) is 9.59 Å². The molecule has 2 aromatic rings. The number of hydrogen-bond acceptors (Lipinski definition) is 9. The number of nitrogens with one attached hydrogen (secondary N) is 1. The summed E-state index contributed by atoms with van der Waals surface area (Å²) in [6, 6.07) is 8.86. The van der Waals surface area contributed by atoms with Crippen molar-refractivity contribution in [2.45, 2.75) is 23.2 Å². The molecule has 5 aliphatic rings. The highest BCUT2D eigenvalue weighted by atomic mass is 32.2. The predicted molar refractivity (Wildman–Crippen MR) is 126 cm³/mol. The van der Waals surface area contributed by atoms with Gasteiger partial charge in [-0.25, -0.2) is 19.0 Å². The Kier molecular flexibility index (Phi) is 5.10. The van der Waals surface area contributed by atoms with E-state index in [1.807, 2.05) is 24.3 Å². The maximum absolute atomic E-state index is 15.1. The van der Waals surface area contributed by atoms with Crippen LogP contribution in [0.3, 0.4) is 0 Å². The Bertz CT molecular complexity index is 1490. The van der Waals surface area contributed by atoms with Crippen molar-refractivity contribution in [3.05, 3.63) is 81.8 Å². The minimum absolute atomic E-state index is 0.00734. The lowest BCUT2D eigenvalue weighted by Crippen LogP contribution is -2.66. The zero-order chi connectivity index (χ0) is 25.3. The molecule has 0 radical (unpaired) electrons. The molecule has 9 nitrogen and oxygen atoms in total. The summed E-state index contributed by atoms with van der Waals surface area (Å²) in [4.78, 5) is 32.8. The van der Waals surface area contributed by atoms with Gasteiger partial charge in [-0.3, -0.25) is 14.6 Å².